The number of likely N-dealkylation sites (N-methyl/N-ethyl adjacent to an activating group) is 1. The van der Waals surface area contributed by atoms with E-state index in [1.165, 1.54) is 9.20 Å². The predicted molar refractivity (Wildman–Crippen MR) is 109 cm³/mol. The Morgan fingerprint density at radius 3 is 2.64 bits per heavy atom. The Labute approximate surface area is 165 Å². The summed E-state index contributed by atoms with van der Waals surface area (Å²) in [5, 5.41) is 12.0. The highest BCUT2D eigenvalue weighted by atomic mass is 16.2. The number of carbonyl (C=O) groups excluding carboxylic acids is 1. The van der Waals surface area contributed by atoms with E-state index in [0.717, 1.165) is 49.4 Å². The lowest BCUT2D eigenvalue weighted by atomic mass is 10.1. The van der Waals surface area contributed by atoms with E-state index in [9.17, 15) is 9.59 Å². The third-order valence-corrected chi connectivity index (χ3v) is 5.37. The van der Waals surface area contributed by atoms with Gasteiger partial charge >= 0.3 is 5.69 Å². The second-order valence-corrected chi connectivity index (χ2v) is 8.30. The summed E-state index contributed by atoms with van der Waals surface area (Å²) < 4.78 is 2.64. The summed E-state index contributed by atoms with van der Waals surface area (Å²) in [5.74, 6) is 0.150. The Kier molecular flexibility index (Phi) is 6.17. The monoisotopic (exact) mass is 388 g/mol. The lowest BCUT2D eigenvalue weighted by molar-refractivity contribution is -0.123. The van der Waals surface area contributed by atoms with Gasteiger partial charge in [0.25, 0.3) is 0 Å². The van der Waals surface area contributed by atoms with E-state index in [0.29, 0.717) is 0 Å². The average molecular weight is 389 g/mol. The van der Waals surface area contributed by atoms with Crippen LogP contribution in [0.1, 0.15) is 70.7 Å². The van der Waals surface area contributed by atoms with Gasteiger partial charge < -0.3 is 10.2 Å². The normalized spacial score (nSPS) is 18.3. The molecule has 0 spiro atoms. The van der Waals surface area contributed by atoms with Crippen LogP contribution in [0.25, 0.3) is 5.52 Å². The van der Waals surface area contributed by atoms with Gasteiger partial charge in [0.05, 0.1) is 16.9 Å². The zero-order valence-electron chi connectivity index (χ0n) is 17.6. The first-order valence-corrected chi connectivity index (χ1v) is 10.3. The van der Waals surface area contributed by atoms with E-state index < -0.39 is 0 Å². The van der Waals surface area contributed by atoms with Crippen LogP contribution in [-0.4, -0.2) is 55.9 Å². The van der Waals surface area contributed by atoms with Crippen molar-refractivity contribution in [1.82, 2.24) is 29.6 Å². The minimum Gasteiger partial charge on any atom is -0.350 e. The number of piperidine rings is 1. The van der Waals surface area contributed by atoms with Crippen molar-refractivity contribution in [2.45, 2.75) is 71.9 Å². The second kappa shape index (κ2) is 8.43. The molecule has 1 fully saturated rings. The molecule has 0 bridgehead atoms. The summed E-state index contributed by atoms with van der Waals surface area (Å²) in [7, 11) is 0. The topological polar surface area (TPSA) is 84.5 Å². The van der Waals surface area contributed by atoms with Crippen molar-refractivity contribution in [3.8, 4) is 0 Å². The first-order chi connectivity index (χ1) is 13.3. The molecule has 0 aromatic carbocycles. The van der Waals surface area contributed by atoms with Crippen molar-refractivity contribution in [3.05, 3.63) is 27.9 Å². The maximum Gasteiger partial charge on any atom is 0.366 e. The molecular weight excluding hydrogens is 356 g/mol. The molecule has 0 unspecified atom stereocenters. The lowest BCUT2D eigenvalue weighted by Gasteiger charge is -2.32. The SMILES string of the molecule is CCN1CCC[C@@H](NC(=O)Cn2nc(C(C)C)c3cc(C(C)C)nn3c2=O)C1. The van der Waals surface area contributed by atoms with Crippen LogP contribution < -0.4 is 11.0 Å². The summed E-state index contributed by atoms with van der Waals surface area (Å²) >= 11 is 0. The van der Waals surface area contributed by atoms with Crippen LogP contribution in [0.3, 0.4) is 0 Å². The van der Waals surface area contributed by atoms with Crippen LogP contribution in [0.15, 0.2) is 10.9 Å². The number of carbonyl (C=O) groups is 1. The molecule has 0 radical (unpaired) electrons. The molecule has 8 nitrogen and oxygen atoms in total. The maximum absolute atomic E-state index is 12.9. The van der Waals surface area contributed by atoms with Gasteiger partial charge in [0, 0.05) is 12.6 Å². The van der Waals surface area contributed by atoms with Crippen molar-refractivity contribution < 1.29 is 4.79 Å². The number of nitrogens with zero attached hydrogens (tertiary/aromatic N) is 5. The van der Waals surface area contributed by atoms with Crippen LogP contribution in [0, 0.1) is 0 Å². The molecule has 1 amide bonds. The Morgan fingerprint density at radius 1 is 1.25 bits per heavy atom. The fourth-order valence-corrected chi connectivity index (χ4v) is 3.73. The largest absolute Gasteiger partial charge is 0.366 e. The fraction of sp³-hybridized carbons (Fsp3) is 0.700. The Morgan fingerprint density at radius 2 is 2.00 bits per heavy atom. The number of fused-ring (bicyclic) bond motifs is 1. The molecule has 3 heterocycles. The zero-order chi connectivity index (χ0) is 20.4. The van der Waals surface area contributed by atoms with Gasteiger partial charge in [-0.15, -0.1) is 0 Å². The molecule has 8 heteroatoms. The average Bonchev–Trinajstić information content (AvgIpc) is 3.10. The predicted octanol–water partition coefficient (Wildman–Crippen LogP) is 1.74. The van der Waals surface area contributed by atoms with E-state index in [4.69, 9.17) is 0 Å². The number of aromatic nitrogens is 4. The van der Waals surface area contributed by atoms with Crippen LogP contribution >= 0.6 is 0 Å². The number of hydrogen-bond donors (Lipinski definition) is 1. The first kappa shape index (κ1) is 20.5. The summed E-state index contributed by atoms with van der Waals surface area (Å²) in [4.78, 5) is 27.8. The van der Waals surface area contributed by atoms with Gasteiger partial charge in [-0.2, -0.15) is 14.7 Å². The molecule has 0 aliphatic carbocycles. The second-order valence-electron chi connectivity index (χ2n) is 8.30. The first-order valence-electron chi connectivity index (χ1n) is 10.3. The van der Waals surface area contributed by atoms with Crippen LogP contribution in [-0.2, 0) is 11.3 Å². The third kappa shape index (κ3) is 4.27. The molecule has 2 aromatic heterocycles. The van der Waals surface area contributed by atoms with Crippen molar-refractivity contribution in [2.75, 3.05) is 19.6 Å². The Bertz CT molecular complexity index is 898. The molecule has 1 saturated heterocycles. The van der Waals surface area contributed by atoms with Crippen molar-refractivity contribution >= 4 is 11.4 Å². The minimum atomic E-state index is -0.375. The number of likely N-dealkylation sites (tertiary alicyclic amines) is 1. The highest BCUT2D eigenvalue weighted by Gasteiger charge is 2.22. The number of nitrogens with one attached hydrogen (secondary N) is 1. The minimum absolute atomic E-state index is 0.0893. The Balaban J connectivity index is 1.85. The number of hydrogen-bond acceptors (Lipinski definition) is 5. The highest BCUT2D eigenvalue weighted by molar-refractivity contribution is 5.76. The molecule has 1 aliphatic rings. The molecule has 1 aliphatic heterocycles. The summed E-state index contributed by atoms with van der Waals surface area (Å²) in [6, 6.07) is 2.06. The van der Waals surface area contributed by atoms with Gasteiger partial charge in [0.1, 0.15) is 6.54 Å². The molecule has 2 aromatic rings. The maximum atomic E-state index is 12.9. The number of rotatable bonds is 6. The van der Waals surface area contributed by atoms with Crippen LogP contribution in [0.5, 0.6) is 0 Å². The van der Waals surface area contributed by atoms with E-state index in [1.807, 2.05) is 33.8 Å². The van der Waals surface area contributed by atoms with E-state index >= 15 is 0 Å². The quantitative estimate of drug-likeness (QED) is 0.815. The van der Waals surface area contributed by atoms with Gasteiger partial charge in [-0.25, -0.2) is 9.48 Å². The highest BCUT2D eigenvalue weighted by Crippen LogP contribution is 2.20. The van der Waals surface area contributed by atoms with Gasteiger partial charge in [0.2, 0.25) is 5.91 Å². The fourth-order valence-electron chi connectivity index (χ4n) is 3.73. The van der Waals surface area contributed by atoms with Crippen molar-refractivity contribution in [2.24, 2.45) is 0 Å². The summed E-state index contributed by atoms with van der Waals surface area (Å²) in [5.41, 5.74) is 1.98. The molecule has 154 valence electrons. The molecule has 28 heavy (non-hydrogen) atoms. The van der Waals surface area contributed by atoms with E-state index in [-0.39, 0.29) is 36.0 Å². The molecule has 3 rings (SSSR count). The molecular formula is C20H32N6O2. The van der Waals surface area contributed by atoms with Crippen LogP contribution in [0.2, 0.25) is 0 Å². The molecule has 1 atom stereocenters. The van der Waals surface area contributed by atoms with Crippen molar-refractivity contribution in [1.29, 1.82) is 0 Å². The van der Waals surface area contributed by atoms with Crippen LogP contribution in [0.4, 0.5) is 0 Å². The molecule has 1 N–H and O–H groups in total. The lowest BCUT2D eigenvalue weighted by Crippen LogP contribution is -2.49. The van der Waals surface area contributed by atoms with Gasteiger partial charge in [-0.1, -0.05) is 34.6 Å². The zero-order valence-corrected chi connectivity index (χ0v) is 17.6. The third-order valence-electron chi connectivity index (χ3n) is 5.37. The van der Waals surface area contributed by atoms with Gasteiger partial charge in [-0.3, -0.25) is 4.79 Å². The van der Waals surface area contributed by atoms with Crippen molar-refractivity contribution in [3.63, 3.8) is 0 Å². The summed E-state index contributed by atoms with van der Waals surface area (Å²) in [6.45, 7) is 13.1. The smallest absolute Gasteiger partial charge is 0.350 e. The van der Waals surface area contributed by atoms with E-state index in [1.54, 1.807) is 0 Å². The van der Waals surface area contributed by atoms with E-state index in [2.05, 4.69) is 27.3 Å². The number of amides is 1. The molecule has 0 saturated carbocycles. The standard InChI is InChI=1S/C20H32N6O2/c1-6-24-9-7-8-15(11-24)21-18(27)12-25-20(28)26-17(19(23-25)14(4)5)10-16(22-26)13(2)3/h10,13-15H,6-9,11-12H2,1-5H3,(H,21,27)/t15-/m1/s1. The van der Waals surface area contributed by atoms with Gasteiger partial charge in [0.15, 0.2) is 0 Å². The Hall–Kier alpha value is -2.22. The van der Waals surface area contributed by atoms with Gasteiger partial charge in [-0.05, 0) is 43.8 Å². The summed E-state index contributed by atoms with van der Waals surface area (Å²) in [6.07, 6.45) is 2.05.